The number of allylic oxidation sites excluding steroid dienone is 1. The zero-order chi connectivity index (χ0) is 23.9. The smallest absolute Gasteiger partial charge is 0.328 e. The number of carbonyl (C=O) groups is 6. The molecule has 1 heterocycles. The number of carboxylic acids is 2. The lowest BCUT2D eigenvalue weighted by atomic mass is 10.00. The molecular formula is C21H29N3O8. The summed E-state index contributed by atoms with van der Waals surface area (Å²) < 4.78 is 0. The first-order chi connectivity index (χ1) is 15.2. The van der Waals surface area contributed by atoms with Gasteiger partial charge in [0.1, 0.15) is 12.1 Å². The van der Waals surface area contributed by atoms with E-state index >= 15 is 0 Å². The summed E-state index contributed by atoms with van der Waals surface area (Å²) in [7, 11) is 0. The van der Waals surface area contributed by atoms with E-state index in [9.17, 15) is 28.8 Å². The zero-order valence-electron chi connectivity index (χ0n) is 17.7. The minimum absolute atomic E-state index is 0.228. The molecule has 11 heteroatoms. The van der Waals surface area contributed by atoms with Gasteiger partial charge in [0, 0.05) is 31.2 Å². The van der Waals surface area contributed by atoms with E-state index in [1.807, 2.05) is 0 Å². The van der Waals surface area contributed by atoms with Gasteiger partial charge in [-0.25, -0.2) is 9.59 Å². The third-order valence-corrected chi connectivity index (χ3v) is 4.69. The molecule has 1 fully saturated rings. The van der Waals surface area contributed by atoms with Crippen LogP contribution in [-0.4, -0.2) is 64.3 Å². The molecule has 5 N–H and O–H groups in total. The molecule has 2 unspecified atom stereocenters. The summed E-state index contributed by atoms with van der Waals surface area (Å²) in [6.07, 6.45) is 7.60. The SMILES string of the molecule is O=C(O)/C=C/C(=O)CCCCCC1NC(=O)C(CCCCNC(=O)/C=C/C(=O)O)NC1=O. The van der Waals surface area contributed by atoms with E-state index in [2.05, 4.69) is 16.0 Å². The fourth-order valence-electron chi connectivity index (χ4n) is 3.05. The molecule has 0 aliphatic carbocycles. The number of nitrogens with one attached hydrogen (secondary N) is 3. The van der Waals surface area contributed by atoms with Gasteiger partial charge in [-0.05, 0) is 38.2 Å². The topological polar surface area (TPSA) is 179 Å². The Morgan fingerprint density at radius 1 is 0.750 bits per heavy atom. The molecule has 176 valence electrons. The van der Waals surface area contributed by atoms with Gasteiger partial charge in [0.2, 0.25) is 17.7 Å². The minimum atomic E-state index is -1.21. The largest absolute Gasteiger partial charge is 0.478 e. The second-order valence-electron chi connectivity index (χ2n) is 7.32. The maximum Gasteiger partial charge on any atom is 0.328 e. The first kappa shape index (κ1) is 26.5. The average Bonchev–Trinajstić information content (AvgIpc) is 2.73. The van der Waals surface area contributed by atoms with Crippen molar-refractivity contribution in [2.45, 2.75) is 63.5 Å². The summed E-state index contributed by atoms with van der Waals surface area (Å²) in [4.78, 5) is 67.9. The van der Waals surface area contributed by atoms with Gasteiger partial charge >= 0.3 is 11.9 Å². The highest BCUT2D eigenvalue weighted by Crippen LogP contribution is 2.12. The summed E-state index contributed by atoms with van der Waals surface area (Å²) in [5.41, 5.74) is 0. The summed E-state index contributed by atoms with van der Waals surface area (Å²) in [6, 6.07) is -1.26. The maximum absolute atomic E-state index is 12.2. The second-order valence-corrected chi connectivity index (χ2v) is 7.32. The lowest BCUT2D eigenvalue weighted by Gasteiger charge is -2.29. The number of carbonyl (C=O) groups excluding carboxylic acids is 4. The van der Waals surface area contributed by atoms with Crippen molar-refractivity contribution in [3.8, 4) is 0 Å². The van der Waals surface area contributed by atoms with Crippen LogP contribution in [0, 0.1) is 0 Å². The molecule has 3 amide bonds. The second kappa shape index (κ2) is 14.5. The molecule has 0 aromatic carbocycles. The molecule has 1 aliphatic heterocycles. The van der Waals surface area contributed by atoms with Crippen LogP contribution in [0.4, 0.5) is 0 Å². The highest BCUT2D eigenvalue weighted by Gasteiger charge is 2.32. The third-order valence-electron chi connectivity index (χ3n) is 4.69. The average molecular weight is 451 g/mol. The van der Waals surface area contributed by atoms with Gasteiger partial charge < -0.3 is 26.2 Å². The van der Waals surface area contributed by atoms with E-state index in [0.717, 1.165) is 24.3 Å². The molecule has 1 rings (SSSR count). The van der Waals surface area contributed by atoms with E-state index in [-0.39, 0.29) is 24.0 Å². The van der Waals surface area contributed by atoms with Crippen LogP contribution in [0.15, 0.2) is 24.3 Å². The highest BCUT2D eigenvalue weighted by atomic mass is 16.4. The predicted molar refractivity (Wildman–Crippen MR) is 112 cm³/mol. The third kappa shape index (κ3) is 11.6. The summed E-state index contributed by atoms with van der Waals surface area (Å²) in [5, 5.41) is 24.8. The van der Waals surface area contributed by atoms with E-state index < -0.39 is 29.9 Å². The Morgan fingerprint density at radius 2 is 1.28 bits per heavy atom. The van der Waals surface area contributed by atoms with Crippen molar-refractivity contribution in [2.24, 2.45) is 0 Å². The monoisotopic (exact) mass is 451 g/mol. The number of aliphatic carboxylic acids is 2. The Hall–Kier alpha value is -3.50. The number of carboxylic acid groups (broad SMARTS) is 2. The van der Waals surface area contributed by atoms with Gasteiger partial charge in [-0.1, -0.05) is 12.8 Å². The van der Waals surface area contributed by atoms with Crippen LogP contribution >= 0.6 is 0 Å². The molecule has 0 aromatic rings. The van der Waals surface area contributed by atoms with Crippen LogP contribution in [0.2, 0.25) is 0 Å². The van der Waals surface area contributed by atoms with Crippen LogP contribution in [0.1, 0.15) is 51.4 Å². The molecular weight excluding hydrogens is 422 g/mol. The van der Waals surface area contributed by atoms with E-state index in [1.165, 1.54) is 0 Å². The number of amides is 3. The maximum atomic E-state index is 12.2. The molecule has 0 radical (unpaired) electrons. The van der Waals surface area contributed by atoms with Gasteiger partial charge in [0.05, 0.1) is 0 Å². The van der Waals surface area contributed by atoms with Crippen LogP contribution < -0.4 is 16.0 Å². The Bertz CT molecular complexity index is 711. The van der Waals surface area contributed by atoms with Crippen LogP contribution in [0.3, 0.4) is 0 Å². The number of hydrogen-bond donors (Lipinski definition) is 5. The number of hydrogen-bond acceptors (Lipinski definition) is 6. The van der Waals surface area contributed by atoms with Crippen LogP contribution in [0.5, 0.6) is 0 Å². The molecule has 1 saturated heterocycles. The fraction of sp³-hybridized carbons (Fsp3) is 0.524. The molecule has 0 aromatic heterocycles. The Labute approximate surface area is 185 Å². The lowest BCUT2D eigenvalue weighted by Crippen LogP contribution is -2.61. The number of ketones is 1. The molecule has 32 heavy (non-hydrogen) atoms. The predicted octanol–water partition coefficient (Wildman–Crippen LogP) is 0.0573. The van der Waals surface area contributed by atoms with Gasteiger partial charge in [-0.3, -0.25) is 19.2 Å². The van der Waals surface area contributed by atoms with E-state index in [1.54, 1.807) is 0 Å². The normalized spacial score (nSPS) is 18.4. The molecule has 1 aliphatic rings. The Balaban J connectivity index is 2.20. The fourth-order valence-corrected chi connectivity index (χ4v) is 3.05. The van der Waals surface area contributed by atoms with Crippen molar-refractivity contribution in [2.75, 3.05) is 6.54 Å². The number of unbranched alkanes of at least 4 members (excludes halogenated alkanes) is 3. The van der Waals surface area contributed by atoms with E-state index in [0.29, 0.717) is 51.5 Å². The van der Waals surface area contributed by atoms with Gasteiger partial charge in [-0.2, -0.15) is 0 Å². The number of rotatable bonds is 15. The van der Waals surface area contributed by atoms with Crippen molar-refractivity contribution >= 4 is 35.4 Å². The van der Waals surface area contributed by atoms with Crippen LogP contribution in [-0.2, 0) is 28.8 Å². The van der Waals surface area contributed by atoms with Crippen molar-refractivity contribution in [1.29, 1.82) is 0 Å². The summed E-state index contributed by atoms with van der Waals surface area (Å²) >= 11 is 0. The standard InChI is InChI=1S/C21H29N3O8/c25-14(9-11-18(27)28)6-2-1-3-7-15-20(31)24-16(21(32)23-15)8-4-5-13-22-17(26)10-12-19(29)30/h9-12,15-16H,1-8,13H2,(H,22,26)(H,23,32)(H,24,31)(H,27,28)(H,29,30)/b11-9+,12-10+. The summed E-state index contributed by atoms with van der Waals surface area (Å²) in [6.45, 7) is 0.322. The lowest BCUT2D eigenvalue weighted by molar-refractivity contribution is -0.137. The minimum Gasteiger partial charge on any atom is -0.478 e. The molecule has 2 atom stereocenters. The number of piperazine rings is 1. The molecule has 0 saturated carbocycles. The zero-order valence-corrected chi connectivity index (χ0v) is 17.7. The van der Waals surface area contributed by atoms with Gasteiger partial charge in [0.15, 0.2) is 5.78 Å². The molecule has 11 nitrogen and oxygen atoms in total. The highest BCUT2D eigenvalue weighted by molar-refractivity contribution is 5.97. The van der Waals surface area contributed by atoms with Crippen molar-refractivity contribution in [1.82, 2.24) is 16.0 Å². The van der Waals surface area contributed by atoms with Crippen molar-refractivity contribution in [3.05, 3.63) is 24.3 Å². The first-order valence-electron chi connectivity index (χ1n) is 10.4. The van der Waals surface area contributed by atoms with Crippen LogP contribution in [0.25, 0.3) is 0 Å². The van der Waals surface area contributed by atoms with Gasteiger partial charge in [0.25, 0.3) is 0 Å². The van der Waals surface area contributed by atoms with Crippen molar-refractivity contribution < 1.29 is 39.0 Å². The molecule has 0 bridgehead atoms. The summed E-state index contributed by atoms with van der Waals surface area (Å²) in [5.74, 6) is -3.69. The first-order valence-corrected chi connectivity index (χ1v) is 10.4. The Kier molecular flexibility index (Phi) is 12.0. The Morgan fingerprint density at radius 3 is 1.84 bits per heavy atom. The van der Waals surface area contributed by atoms with E-state index in [4.69, 9.17) is 10.2 Å². The van der Waals surface area contributed by atoms with Crippen molar-refractivity contribution in [3.63, 3.8) is 0 Å². The van der Waals surface area contributed by atoms with Gasteiger partial charge in [-0.15, -0.1) is 0 Å². The molecule has 0 spiro atoms. The quantitative estimate of drug-likeness (QED) is 0.171.